The molecule has 11 heteroatoms. The predicted molar refractivity (Wildman–Crippen MR) is 118 cm³/mol. The Morgan fingerprint density at radius 2 is 1.97 bits per heavy atom. The van der Waals surface area contributed by atoms with Crippen molar-refractivity contribution < 1.29 is 27.5 Å². The van der Waals surface area contributed by atoms with Gasteiger partial charge in [-0.05, 0) is 42.1 Å². The lowest BCUT2D eigenvalue weighted by molar-refractivity contribution is -0.115. The van der Waals surface area contributed by atoms with Crippen molar-refractivity contribution in [3.8, 4) is 11.8 Å². The summed E-state index contributed by atoms with van der Waals surface area (Å²) in [4.78, 5) is 27.5. The zero-order valence-corrected chi connectivity index (χ0v) is 17.9. The minimum Gasteiger partial charge on any atom is -0.455 e. The zero-order chi connectivity index (χ0) is 22.7. The average Bonchev–Trinajstić information content (AvgIpc) is 3.33. The van der Waals surface area contributed by atoms with E-state index < -0.39 is 21.2 Å². The average molecular weight is 470 g/mol. The summed E-state index contributed by atoms with van der Waals surface area (Å²) in [5, 5.41) is 11.2. The SMILES string of the molecule is O=C1NC(=O)C(=Cc2cc3cncc(C#Cc4ccc(S(=O)(=O)NCCO)cc4)c3o2)S1. The maximum absolute atomic E-state index is 12.1. The summed E-state index contributed by atoms with van der Waals surface area (Å²) in [6.07, 6.45) is 4.61. The first-order chi connectivity index (χ1) is 15.4. The molecule has 3 heterocycles. The smallest absolute Gasteiger partial charge is 0.290 e. The number of furan rings is 1. The van der Waals surface area contributed by atoms with Gasteiger partial charge in [-0.15, -0.1) is 0 Å². The normalized spacial score (nSPS) is 15.1. The lowest BCUT2D eigenvalue weighted by atomic mass is 10.2. The Balaban J connectivity index is 1.59. The topological polar surface area (TPSA) is 139 Å². The van der Waals surface area contributed by atoms with Crippen LogP contribution in [-0.2, 0) is 14.8 Å². The van der Waals surface area contributed by atoms with Crippen LogP contribution in [0.3, 0.4) is 0 Å². The Morgan fingerprint density at radius 3 is 2.66 bits per heavy atom. The number of pyridine rings is 1. The molecule has 1 aromatic carbocycles. The number of amides is 2. The van der Waals surface area contributed by atoms with E-state index in [2.05, 4.69) is 26.9 Å². The van der Waals surface area contributed by atoms with Crippen LogP contribution >= 0.6 is 11.8 Å². The quantitative estimate of drug-likeness (QED) is 0.380. The van der Waals surface area contributed by atoms with Gasteiger partial charge in [0, 0.05) is 36.0 Å². The molecular formula is C21H15N3O6S2. The first kappa shape index (κ1) is 21.8. The van der Waals surface area contributed by atoms with Crippen molar-refractivity contribution in [2.45, 2.75) is 4.90 Å². The second-order valence-corrected chi connectivity index (χ2v) is 9.28. The lowest BCUT2D eigenvalue weighted by Gasteiger charge is -2.04. The third-order valence-corrected chi connectivity index (χ3v) is 6.55. The number of hydrogen-bond acceptors (Lipinski definition) is 8. The van der Waals surface area contributed by atoms with Crippen LogP contribution in [-0.4, -0.2) is 42.8 Å². The number of nitrogens with zero attached hydrogens (tertiary/aromatic N) is 1. The standard InChI is InChI=1S/C21H15N3O6S2/c25-8-7-23-32(28,29)17-5-2-13(3-6-17)1-4-14-11-22-12-15-9-16(30-19(14)15)10-18-20(26)24-21(27)31-18/h2-3,5-6,9-12,23,25H,7-8H2,(H,24,26,27). The molecular weight excluding hydrogens is 454 g/mol. The number of nitrogens with one attached hydrogen (secondary N) is 2. The Morgan fingerprint density at radius 1 is 1.19 bits per heavy atom. The van der Waals surface area contributed by atoms with Crippen molar-refractivity contribution in [1.82, 2.24) is 15.0 Å². The number of sulfonamides is 1. The molecule has 0 atom stereocenters. The molecule has 4 rings (SSSR count). The van der Waals surface area contributed by atoms with Gasteiger partial charge in [-0.1, -0.05) is 11.8 Å². The fraction of sp³-hybridized carbons (Fsp3) is 0.0952. The molecule has 3 N–H and O–H groups in total. The molecule has 2 aromatic heterocycles. The molecule has 32 heavy (non-hydrogen) atoms. The molecule has 1 aliphatic rings. The Hall–Kier alpha value is -3.43. The van der Waals surface area contributed by atoms with Gasteiger partial charge in [0.2, 0.25) is 10.0 Å². The van der Waals surface area contributed by atoms with Crippen LogP contribution in [0.1, 0.15) is 16.9 Å². The van der Waals surface area contributed by atoms with E-state index in [0.29, 0.717) is 27.9 Å². The monoisotopic (exact) mass is 469 g/mol. The second kappa shape index (κ2) is 8.97. The van der Waals surface area contributed by atoms with Crippen molar-refractivity contribution in [1.29, 1.82) is 0 Å². The van der Waals surface area contributed by atoms with E-state index >= 15 is 0 Å². The highest BCUT2D eigenvalue weighted by Crippen LogP contribution is 2.28. The Kier molecular flexibility index (Phi) is 6.11. The Bertz CT molecular complexity index is 1410. The van der Waals surface area contributed by atoms with Gasteiger partial charge < -0.3 is 9.52 Å². The third-order valence-electron chi connectivity index (χ3n) is 4.27. The number of fused-ring (bicyclic) bond motifs is 1. The molecule has 0 aliphatic carbocycles. The van der Waals surface area contributed by atoms with Crippen LogP contribution < -0.4 is 10.0 Å². The van der Waals surface area contributed by atoms with Crippen molar-refractivity contribution in [3.05, 3.63) is 64.5 Å². The van der Waals surface area contributed by atoms with Crippen molar-refractivity contribution in [2.75, 3.05) is 13.2 Å². The van der Waals surface area contributed by atoms with E-state index in [1.165, 1.54) is 24.4 Å². The van der Waals surface area contributed by atoms with Gasteiger partial charge in [-0.25, -0.2) is 13.1 Å². The molecule has 0 unspecified atom stereocenters. The summed E-state index contributed by atoms with van der Waals surface area (Å²) in [5.41, 5.74) is 1.56. The van der Waals surface area contributed by atoms with E-state index in [0.717, 1.165) is 11.8 Å². The van der Waals surface area contributed by atoms with Crippen LogP contribution in [0.25, 0.3) is 17.0 Å². The van der Waals surface area contributed by atoms with Gasteiger partial charge in [0.05, 0.1) is 22.0 Å². The molecule has 9 nitrogen and oxygen atoms in total. The molecule has 1 aliphatic heterocycles. The predicted octanol–water partition coefficient (Wildman–Crippen LogP) is 1.82. The molecule has 162 valence electrons. The summed E-state index contributed by atoms with van der Waals surface area (Å²) in [6.45, 7) is -0.361. The van der Waals surface area contributed by atoms with Crippen LogP contribution in [0.4, 0.5) is 4.79 Å². The van der Waals surface area contributed by atoms with E-state index in [4.69, 9.17) is 9.52 Å². The molecule has 0 spiro atoms. The van der Waals surface area contributed by atoms with Gasteiger partial charge in [0.15, 0.2) is 5.58 Å². The fourth-order valence-electron chi connectivity index (χ4n) is 2.81. The maximum atomic E-state index is 12.1. The van der Waals surface area contributed by atoms with Gasteiger partial charge in [0.25, 0.3) is 11.1 Å². The van der Waals surface area contributed by atoms with Gasteiger partial charge >= 0.3 is 0 Å². The first-order valence-corrected chi connectivity index (χ1v) is 11.5. The second-order valence-electron chi connectivity index (χ2n) is 6.50. The van der Waals surface area contributed by atoms with Crippen LogP contribution in [0.15, 0.2) is 56.9 Å². The molecule has 3 aromatic rings. The number of aliphatic hydroxyl groups excluding tert-OH is 1. The minimum absolute atomic E-state index is 0.0660. The maximum Gasteiger partial charge on any atom is 0.290 e. The molecule has 0 saturated carbocycles. The number of carbonyl (C=O) groups excluding carboxylic acids is 2. The molecule has 0 radical (unpaired) electrons. The largest absolute Gasteiger partial charge is 0.455 e. The van der Waals surface area contributed by atoms with Gasteiger partial charge in [0.1, 0.15) is 5.76 Å². The fourth-order valence-corrected chi connectivity index (χ4v) is 4.50. The highest BCUT2D eigenvalue weighted by molar-refractivity contribution is 8.18. The number of rotatable bonds is 5. The van der Waals surface area contributed by atoms with E-state index in [-0.39, 0.29) is 23.0 Å². The molecule has 1 saturated heterocycles. The van der Waals surface area contributed by atoms with Crippen molar-refractivity contribution in [2.24, 2.45) is 0 Å². The highest BCUT2D eigenvalue weighted by atomic mass is 32.2. The summed E-state index contributed by atoms with van der Waals surface area (Å²) < 4.78 is 32.2. The number of hydrogen-bond donors (Lipinski definition) is 3. The molecule has 1 fully saturated rings. The summed E-state index contributed by atoms with van der Waals surface area (Å²) in [7, 11) is -3.69. The van der Waals surface area contributed by atoms with Crippen LogP contribution in [0, 0.1) is 11.8 Å². The summed E-state index contributed by atoms with van der Waals surface area (Å²) >= 11 is 0.795. The minimum atomic E-state index is -3.69. The summed E-state index contributed by atoms with van der Waals surface area (Å²) in [6, 6.07) is 7.67. The number of imide groups is 1. The van der Waals surface area contributed by atoms with Crippen LogP contribution in [0.2, 0.25) is 0 Å². The number of carbonyl (C=O) groups is 2. The van der Waals surface area contributed by atoms with Gasteiger partial charge in [-0.2, -0.15) is 0 Å². The number of aromatic nitrogens is 1. The number of thioether (sulfide) groups is 1. The first-order valence-electron chi connectivity index (χ1n) is 9.21. The Labute approximate surface area is 187 Å². The van der Waals surface area contributed by atoms with Gasteiger partial charge in [-0.3, -0.25) is 19.9 Å². The number of benzene rings is 1. The lowest BCUT2D eigenvalue weighted by Crippen LogP contribution is -2.26. The molecule has 2 amide bonds. The zero-order valence-electron chi connectivity index (χ0n) is 16.3. The van der Waals surface area contributed by atoms with E-state index in [1.807, 2.05) is 0 Å². The van der Waals surface area contributed by atoms with Crippen LogP contribution in [0.5, 0.6) is 0 Å². The molecule has 0 bridgehead atoms. The summed E-state index contributed by atoms with van der Waals surface area (Å²) in [5.74, 6) is 5.80. The van der Waals surface area contributed by atoms with Crippen molar-refractivity contribution in [3.63, 3.8) is 0 Å². The van der Waals surface area contributed by atoms with Crippen molar-refractivity contribution >= 4 is 50.0 Å². The third kappa shape index (κ3) is 4.74. The number of aliphatic hydroxyl groups is 1. The van der Waals surface area contributed by atoms with E-state index in [9.17, 15) is 18.0 Å². The van der Waals surface area contributed by atoms with E-state index in [1.54, 1.807) is 24.4 Å². The highest BCUT2D eigenvalue weighted by Gasteiger charge is 2.25.